The first-order valence-electron chi connectivity index (χ1n) is 8.45. The van der Waals surface area contributed by atoms with Gasteiger partial charge in [0.25, 0.3) is 0 Å². The molecule has 2 aliphatic heterocycles. The summed E-state index contributed by atoms with van der Waals surface area (Å²) in [5.41, 5.74) is 0.899. The van der Waals surface area contributed by atoms with Crippen molar-refractivity contribution in [3.05, 3.63) is 30.0 Å². The maximum atomic E-state index is 4.84. The molecular weight excluding hydrogens is 292 g/mol. The predicted octanol–water partition coefficient (Wildman–Crippen LogP) is 1.84. The second kappa shape index (κ2) is 6.62. The Balaban J connectivity index is 1.37. The van der Waals surface area contributed by atoms with Gasteiger partial charge in [-0.2, -0.15) is 0 Å². The van der Waals surface area contributed by atoms with E-state index in [1.165, 1.54) is 12.8 Å². The van der Waals surface area contributed by atoms with Gasteiger partial charge in [-0.15, -0.1) is 0 Å². The minimum atomic E-state index is 0.462. The number of piperidine rings is 1. The molecule has 0 bridgehead atoms. The van der Waals surface area contributed by atoms with Crippen LogP contribution in [0.2, 0.25) is 0 Å². The van der Waals surface area contributed by atoms with Crippen LogP contribution in [0.5, 0.6) is 0 Å². The molecule has 0 atom stereocenters. The van der Waals surface area contributed by atoms with Gasteiger partial charge in [0.2, 0.25) is 0 Å². The molecule has 0 amide bonds. The third-order valence-electron chi connectivity index (χ3n) is 4.83. The highest BCUT2D eigenvalue weighted by Gasteiger charge is 2.24. The molecular formula is C16H22N6O. The molecule has 7 nitrogen and oxygen atoms in total. The van der Waals surface area contributed by atoms with Crippen molar-refractivity contribution < 1.29 is 4.63 Å². The van der Waals surface area contributed by atoms with Crippen molar-refractivity contribution in [1.82, 2.24) is 25.2 Å². The molecule has 0 unspecified atom stereocenters. The molecule has 23 heavy (non-hydrogen) atoms. The molecule has 0 N–H and O–H groups in total. The molecule has 2 fully saturated rings. The van der Waals surface area contributed by atoms with Gasteiger partial charge in [-0.25, -0.2) is 14.6 Å². The maximum Gasteiger partial charge on any atom is 0.133 e. The van der Waals surface area contributed by atoms with Gasteiger partial charge in [0.05, 0.1) is 6.20 Å². The van der Waals surface area contributed by atoms with Crippen LogP contribution in [0.25, 0.3) is 0 Å². The maximum absolute atomic E-state index is 4.84. The van der Waals surface area contributed by atoms with Crippen LogP contribution < -0.4 is 4.90 Å². The Labute approximate surface area is 135 Å². The molecule has 2 aromatic heterocycles. The standard InChI is InChI=1S/C16H22N6O/c1-2-8-22(7-1)15-3-6-17-16(19-15)13-4-9-21(10-5-13)12-14-11-18-23-20-14/h3,6,11,13H,1-2,4-5,7-10,12H2. The predicted molar refractivity (Wildman–Crippen MR) is 85.0 cm³/mol. The van der Waals surface area contributed by atoms with Crippen LogP contribution in [0.3, 0.4) is 0 Å². The lowest BCUT2D eigenvalue weighted by Gasteiger charge is -2.30. The van der Waals surface area contributed by atoms with Crippen LogP contribution in [0.1, 0.15) is 43.1 Å². The Morgan fingerprint density at radius 1 is 1.13 bits per heavy atom. The SMILES string of the molecule is c1cc(N2CCCC2)nc(C2CCN(Cc3cnon3)CC2)n1. The van der Waals surface area contributed by atoms with E-state index in [9.17, 15) is 0 Å². The molecule has 4 heterocycles. The topological polar surface area (TPSA) is 71.2 Å². The Morgan fingerprint density at radius 2 is 1.96 bits per heavy atom. The van der Waals surface area contributed by atoms with E-state index >= 15 is 0 Å². The first-order valence-corrected chi connectivity index (χ1v) is 8.45. The summed E-state index contributed by atoms with van der Waals surface area (Å²) in [6, 6.07) is 2.04. The molecule has 122 valence electrons. The van der Waals surface area contributed by atoms with Crippen LogP contribution in [0.4, 0.5) is 5.82 Å². The van der Waals surface area contributed by atoms with Gasteiger partial charge >= 0.3 is 0 Å². The normalized spacial score (nSPS) is 20.3. The molecule has 7 heteroatoms. The first kappa shape index (κ1) is 14.6. The number of aromatic nitrogens is 4. The highest BCUT2D eigenvalue weighted by Crippen LogP contribution is 2.27. The lowest BCUT2D eigenvalue weighted by Crippen LogP contribution is -2.33. The quantitative estimate of drug-likeness (QED) is 0.852. The molecule has 2 aromatic rings. The van der Waals surface area contributed by atoms with E-state index in [2.05, 4.69) is 29.7 Å². The van der Waals surface area contributed by atoms with E-state index in [1.54, 1.807) is 6.20 Å². The fraction of sp³-hybridized carbons (Fsp3) is 0.625. The highest BCUT2D eigenvalue weighted by atomic mass is 16.6. The van der Waals surface area contributed by atoms with Crippen molar-refractivity contribution in [3.63, 3.8) is 0 Å². The molecule has 2 aliphatic rings. The third kappa shape index (κ3) is 3.34. The molecule has 4 rings (SSSR count). The summed E-state index contributed by atoms with van der Waals surface area (Å²) in [7, 11) is 0. The zero-order valence-corrected chi connectivity index (χ0v) is 13.3. The van der Waals surface area contributed by atoms with Crippen molar-refractivity contribution in [2.75, 3.05) is 31.1 Å². The van der Waals surface area contributed by atoms with E-state index in [4.69, 9.17) is 4.98 Å². The van der Waals surface area contributed by atoms with Crippen LogP contribution in [0.15, 0.2) is 23.1 Å². The number of anilines is 1. The number of nitrogens with zero attached hydrogens (tertiary/aromatic N) is 6. The number of hydrogen-bond donors (Lipinski definition) is 0. The molecule has 0 radical (unpaired) electrons. The molecule has 0 saturated carbocycles. The smallest absolute Gasteiger partial charge is 0.133 e. The number of hydrogen-bond acceptors (Lipinski definition) is 7. The van der Waals surface area contributed by atoms with Crippen molar-refractivity contribution in [2.45, 2.75) is 38.1 Å². The molecule has 0 spiro atoms. The summed E-state index contributed by atoms with van der Waals surface area (Å²) in [5.74, 6) is 2.57. The summed E-state index contributed by atoms with van der Waals surface area (Å²) in [5, 5.41) is 7.55. The molecule has 0 aliphatic carbocycles. The summed E-state index contributed by atoms with van der Waals surface area (Å²) < 4.78 is 4.66. The average Bonchev–Trinajstić information content (AvgIpc) is 3.29. The minimum absolute atomic E-state index is 0.462. The van der Waals surface area contributed by atoms with Crippen molar-refractivity contribution in [2.24, 2.45) is 0 Å². The van der Waals surface area contributed by atoms with E-state index in [1.807, 2.05) is 12.3 Å². The summed E-state index contributed by atoms with van der Waals surface area (Å²) in [4.78, 5) is 14.1. The lowest BCUT2D eigenvalue weighted by atomic mass is 9.96. The van der Waals surface area contributed by atoms with E-state index in [-0.39, 0.29) is 0 Å². The van der Waals surface area contributed by atoms with E-state index < -0.39 is 0 Å². The first-order chi connectivity index (χ1) is 11.4. The summed E-state index contributed by atoms with van der Waals surface area (Å²) in [6.07, 6.45) is 8.34. The third-order valence-corrected chi connectivity index (χ3v) is 4.83. The largest absolute Gasteiger partial charge is 0.357 e. The van der Waals surface area contributed by atoms with Crippen molar-refractivity contribution in [3.8, 4) is 0 Å². The molecule has 0 aromatic carbocycles. The Bertz CT molecular complexity index is 617. The van der Waals surface area contributed by atoms with Gasteiger partial charge in [0, 0.05) is 31.7 Å². The number of likely N-dealkylation sites (tertiary alicyclic amines) is 1. The minimum Gasteiger partial charge on any atom is -0.357 e. The highest BCUT2D eigenvalue weighted by molar-refractivity contribution is 5.38. The second-order valence-corrected chi connectivity index (χ2v) is 6.42. The average molecular weight is 314 g/mol. The van der Waals surface area contributed by atoms with Crippen LogP contribution in [-0.4, -0.2) is 51.4 Å². The van der Waals surface area contributed by atoms with Gasteiger partial charge in [-0.3, -0.25) is 4.90 Å². The van der Waals surface area contributed by atoms with E-state index in [0.717, 1.165) is 62.9 Å². The Hall–Kier alpha value is -2.02. The van der Waals surface area contributed by atoms with E-state index in [0.29, 0.717) is 5.92 Å². The summed E-state index contributed by atoms with van der Waals surface area (Å²) in [6.45, 7) is 5.13. The summed E-state index contributed by atoms with van der Waals surface area (Å²) >= 11 is 0. The fourth-order valence-corrected chi connectivity index (χ4v) is 3.51. The van der Waals surface area contributed by atoms with Gasteiger partial charge in [0.1, 0.15) is 17.3 Å². The second-order valence-electron chi connectivity index (χ2n) is 6.42. The zero-order valence-electron chi connectivity index (χ0n) is 13.3. The van der Waals surface area contributed by atoms with Gasteiger partial charge in [-0.05, 0) is 44.8 Å². The van der Waals surface area contributed by atoms with Gasteiger partial charge < -0.3 is 4.90 Å². The Kier molecular flexibility index (Phi) is 4.19. The zero-order chi connectivity index (χ0) is 15.5. The fourth-order valence-electron chi connectivity index (χ4n) is 3.51. The molecule has 2 saturated heterocycles. The van der Waals surface area contributed by atoms with Crippen molar-refractivity contribution >= 4 is 5.82 Å². The van der Waals surface area contributed by atoms with Crippen molar-refractivity contribution in [1.29, 1.82) is 0 Å². The number of rotatable bonds is 4. The van der Waals surface area contributed by atoms with Crippen LogP contribution in [0, 0.1) is 0 Å². The van der Waals surface area contributed by atoms with Crippen LogP contribution in [-0.2, 0) is 6.54 Å². The Morgan fingerprint density at radius 3 is 2.70 bits per heavy atom. The van der Waals surface area contributed by atoms with Gasteiger partial charge in [-0.1, -0.05) is 10.3 Å². The van der Waals surface area contributed by atoms with Gasteiger partial charge in [0.15, 0.2) is 0 Å². The lowest BCUT2D eigenvalue weighted by molar-refractivity contribution is 0.195. The monoisotopic (exact) mass is 314 g/mol. The van der Waals surface area contributed by atoms with Crippen LogP contribution >= 0.6 is 0 Å².